The summed E-state index contributed by atoms with van der Waals surface area (Å²) in [5, 5.41) is 3.46. The molecule has 0 atom stereocenters. The largest absolute Gasteiger partial charge is 0.367 e. The van der Waals surface area contributed by atoms with Crippen molar-refractivity contribution < 1.29 is 0 Å². The number of nitrogens with one attached hydrogen (secondary N) is 2. The van der Waals surface area contributed by atoms with Gasteiger partial charge in [-0.3, -0.25) is 0 Å². The molecule has 14 heavy (non-hydrogen) atoms. The first-order valence-corrected chi connectivity index (χ1v) is 5.35. The third-order valence-corrected chi connectivity index (χ3v) is 2.89. The third kappa shape index (κ3) is 2.26. The molecule has 0 aliphatic carbocycles. The lowest BCUT2D eigenvalue weighted by Crippen LogP contribution is -2.38. The fourth-order valence-electron chi connectivity index (χ4n) is 1.95. The summed E-state index contributed by atoms with van der Waals surface area (Å²) in [7, 11) is 0. The van der Waals surface area contributed by atoms with Crippen LogP contribution in [-0.4, -0.2) is 40.5 Å². The number of rotatable bonds is 3. The van der Waals surface area contributed by atoms with Crippen molar-refractivity contribution in [2.45, 2.75) is 25.8 Å². The Kier molecular flexibility index (Phi) is 3.03. The molecule has 2 rings (SSSR count). The van der Waals surface area contributed by atoms with Crippen molar-refractivity contribution in [1.82, 2.24) is 14.9 Å². The van der Waals surface area contributed by atoms with E-state index in [0.717, 1.165) is 5.82 Å². The van der Waals surface area contributed by atoms with E-state index in [9.17, 15) is 0 Å². The molecule has 0 amide bonds. The Labute approximate surface area is 84.7 Å². The van der Waals surface area contributed by atoms with Crippen LogP contribution in [0, 0.1) is 0 Å². The maximum absolute atomic E-state index is 3.99. The van der Waals surface area contributed by atoms with E-state index in [1.165, 1.54) is 32.5 Å². The monoisotopic (exact) mass is 194 g/mol. The Morgan fingerprint density at radius 3 is 2.93 bits per heavy atom. The van der Waals surface area contributed by atoms with E-state index in [1.807, 2.05) is 6.20 Å². The van der Waals surface area contributed by atoms with Gasteiger partial charge in [0.1, 0.15) is 5.82 Å². The van der Waals surface area contributed by atoms with Crippen LogP contribution >= 0.6 is 0 Å². The van der Waals surface area contributed by atoms with Crippen LogP contribution in [0.2, 0.25) is 0 Å². The van der Waals surface area contributed by atoms with Crippen LogP contribution in [0.5, 0.6) is 0 Å². The number of likely N-dealkylation sites (tertiary alicyclic amines) is 1. The summed E-state index contributed by atoms with van der Waals surface area (Å²) in [6.45, 7) is 5.82. The molecule has 2 N–H and O–H groups in total. The van der Waals surface area contributed by atoms with Gasteiger partial charge in [0.2, 0.25) is 0 Å². The Balaban J connectivity index is 1.79. The van der Waals surface area contributed by atoms with Crippen molar-refractivity contribution in [1.29, 1.82) is 0 Å². The number of hydrogen-bond acceptors (Lipinski definition) is 3. The molecule has 1 fully saturated rings. The number of nitrogens with zero attached hydrogens (tertiary/aromatic N) is 2. The number of aromatic nitrogens is 2. The quantitative estimate of drug-likeness (QED) is 0.762. The number of hydrogen-bond donors (Lipinski definition) is 2. The molecule has 0 bridgehead atoms. The molecule has 78 valence electrons. The minimum absolute atomic E-state index is 0.609. The topological polar surface area (TPSA) is 44.0 Å². The van der Waals surface area contributed by atoms with Crippen LogP contribution in [-0.2, 0) is 0 Å². The highest BCUT2D eigenvalue weighted by Crippen LogP contribution is 2.13. The van der Waals surface area contributed by atoms with Gasteiger partial charge in [-0.2, -0.15) is 0 Å². The zero-order valence-electron chi connectivity index (χ0n) is 8.66. The van der Waals surface area contributed by atoms with Gasteiger partial charge < -0.3 is 15.2 Å². The average molecular weight is 194 g/mol. The predicted molar refractivity (Wildman–Crippen MR) is 57.3 cm³/mol. The van der Waals surface area contributed by atoms with Crippen molar-refractivity contribution in [2.24, 2.45) is 0 Å². The number of anilines is 1. The lowest BCUT2D eigenvalue weighted by atomic mass is 10.1. The summed E-state index contributed by atoms with van der Waals surface area (Å²) in [6, 6.07) is 0.609. The van der Waals surface area contributed by atoms with E-state index in [1.54, 1.807) is 6.33 Å². The lowest BCUT2D eigenvalue weighted by Gasteiger charge is -2.31. The highest BCUT2D eigenvalue weighted by molar-refractivity contribution is 5.31. The van der Waals surface area contributed by atoms with Crippen LogP contribution < -0.4 is 5.32 Å². The molecule has 1 aromatic heterocycles. The fourth-order valence-corrected chi connectivity index (χ4v) is 1.95. The van der Waals surface area contributed by atoms with Gasteiger partial charge in [0.15, 0.2) is 0 Å². The highest BCUT2D eigenvalue weighted by Gasteiger charge is 2.17. The van der Waals surface area contributed by atoms with Crippen LogP contribution in [0.15, 0.2) is 12.5 Å². The van der Waals surface area contributed by atoms with E-state index >= 15 is 0 Å². The second kappa shape index (κ2) is 4.46. The molecular formula is C10H18N4. The molecule has 1 aliphatic rings. The molecular weight excluding hydrogens is 176 g/mol. The minimum Gasteiger partial charge on any atom is -0.367 e. The Morgan fingerprint density at radius 1 is 1.57 bits per heavy atom. The fraction of sp³-hybridized carbons (Fsp3) is 0.700. The molecule has 0 aromatic carbocycles. The van der Waals surface area contributed by atoms with Gasteiger partial charge in [0.25, 0.3) is 0 Å². The molecule has 0 radical (unpaired) electrons. The molecule has 0 saturated carbocycles. The number of H-pyrrole nitrogens is 1. The first-order chi connectivity index (χ1) is 6.88. The number of aromatic amines is 1. The predicted octanol–water partition coefficient (Wildman–Crippen LogP) is 1.31. The molecule has 2 heterocycles. The molecule has 4 heteroatoms. The zero-order chi connectivity index (χ0) is 9.80. The second-order valence-electron chi connectivity index (χ2n) is 3.82. The van der Waals surface area contributed by atoms with E-state index in [4.69, 9.17) is 0 Å². The molecule has 4 nitrogen and oxygen atoms in total. The summed E-state index contributed by atoms with van der Waals surface area (Å²) in [4.78, 5) is 9.56. The van der Waals surface area contributed by atoms with Gasteiger partial charge in [-0.25, -0.2) is 4.98 Å². The van der Waals surface area contributed by atoms with E-state index in [-0.39, 0.29) is 0 Å². The van der Waals surface area contributed by atoms with Gasteiger partial charge in [0.05, 0.1) is 12.5 Å². The molecule has 0 unspecified atom stereocenters. The minimum atomic E-state index is 0.609. The first kappa shape index (κ1) is 9.52. The summed E-state index contributed by atoms with van der Waals surface area (Å²) in [5.41, 5.74) is 0. The summed E-state index contributed by atoms with van der Waals surface area (Å²) in [6.07, 6.45) is 6.01. The van der Waals surface area contributed by atoms with Crippen LogP contribution in [0.4, 0.5) is 5.82 Å². The van der Waals surface area contributed by atoms with Gasteiger partial charge in [-0.05, 0) is 19.4 Å². The van der Waals surface area contributed by atoms with Gasteiger partial charge in [0, 0.05) is 19.1 Å². The van der Waals surface area contributed by atoms with Crippen molar-refractivity contribution >= 4 is 5.82 Å². The van der Waals surface area contributed by atoms with Crippen molar-refractivity contribution in [2.75, 3.05) is 25.0 Å². The Bertz CT molecular complexity index is 249. The SMILES string of the molecule is CCN1CCC(Nc2cnc[nH]2)CC1. The maximum Gasteiger partial charge on any atom is 0.123 e. The van der Waals surface area contributed by atoms with Crippen molar-refractivity contribution in [3.05, 3.63) is 12.5 Å². The lowest BCUT2D eigenvalue weighted by molar-refractivity contribution is 0.229. The van der Waals surface area contributed by atoms with Crippen LogP contribution in [0.1, 0.15) is 19.8 Å². The van der Waals surface area contributed by atoms with E-state index in [2.05, 4.69) is 27.1 Å². The maximum atomic E-state index is 3.99. The first-order valence-electron chi connectivity index (χ1n) is 5.35. The number of piperidine rings is 1. The molecule has 0 spiro atoms. The van der Waals surface area contributed by atoms with Gasteiger partial charge in [-0.1, -0.05) is 6.92 Å². The summed E-state index contributed by atoms with van der Waals surface area (Å²) >= 11 is 0. The zero-order valence-corrected chi connectivity index (χ0v) is 8.66. The van der Waals surface area contributed by atoms with Crippen molar-refractivity contribution in [3.8, 4) is 0 Å². The van der Waals surface area contributed by atoms with E-state index < -0.39 is 0 Å². The highest BCUT2D eigenvalue weighted by atomic mass is 15.1. The molecule has 1 aliphatic heterocycles. The Morgan fingerprint density at radius 2 is 2.36 bits per heavy atom. The second-order valence-corrected chi connectivity index (χ2v) is 3.82. The summed E-state index contributed by atoms with van der Waals surface area (Å²) in [5.74, 6) is 1.04. The normalized spacial score (nSPS) is 19.8. The third-order valence-electron chi connectivity index (χ3n) is 2.89. The smallest absolute Gasteiger partial charge is 0.123 e. The van der Waals surface area contributed by atoms with Crippen LogP contribution in [0.25, 0.3) is 0 Å². The van der Waals surface area contributed by atoms with E-state index in [0.29, 0.717) is 6.04 Å². The number of imidazole rings is 1. The van der Waals surface area contributed by atoms with Gasteiger partial charge in [-0.15, -0.1) is 0 Å². The van der Waals surface area contributed by atoms with Crippen molar-refractivity contribution in [3.63, 3.8) is 0 Å². The van der Waals surface area contributed by atoms with Crippen LogP contribution in [0.3, 0.4) is 0 Å². The average Bonchev–Trinajstić information content (AvgIpc) is 2.72. The Hall–Kier alpha value is -1.03. The molecule has 1 saturated heterocycles. The standard InChI is InChI=1S/C10H18N4/c1-2-14-5-3-9(4-6-14)13-10-7-11-8-12-10/h7-9,13H,2-6H2,1H3,(H,11,12). The van der Waals surface area contributed by atoms with Gasteiger partial charge >= 0.3 is 0 Å². The summed E-state index contributed by atoms with van der Waals surface area (Å²) < 4.78 is 0. The molecule has 1 aromatic rings.